The molecule has 246 valence electrons. The highest BCUT2D eigenvalue weighted by molar-refractivity contribution is 6.74. The maximum absolute atomic E-state index is 12.5. The third-order valence-electron chi connectivity index (χ3n) is 10.9. The van der Waals surface area contributed by atoms with Crippen molar-refractivity contribution in [3.8, 4) is 5.75 Å². The molecule has 9 heteroatoms. The van der Waals surface area contributed by atoms with E-state index in [0.717, 1.165) is 24.0 Å². The molecule has 2 aliphatic heterocycles. The summed E-state index contributed by atoms with van der Waals surface area (Å²) in [6.07, 6.45) is 0.669. The van der Waals surface area contributed by atoms with Crippen molar-refractivity contribution >= 4 is 22.9 Å². The minimum absolute atomic E-state index is 0.0561. The van der Waals surface area contributed by atoms with E-state index in [1.54, 1.807) is 7.11 Å². The molecule has 1 aromatic carbocycles. The highest BCUT2D eigenvalue weighted by atomic mass is 28.4. The Labute approximate surface area is 263 Å². The van der Waals surface area contributed by atoms with E-state index in [9.17, 15) is 4.79 Å². The van der Waals surface area contributed by atoms with Gasteiger partial charge in [-0.05, 0) is 60.4 Å². The summed E-state index contributed by atoms with van der Waals surface area (Å²) in [6.45, 7) is 30.2. The summed E-state index contributed by atoms with van der Waals surface area (Å²) in [7, 11) is -2.39. The Bertz CT molecular complexity index is 1070. The molecule has 2 fully saturated rings. The van der Waals surface area contributed by atoms with E-state index in [2.05, 4.69) is 88.5 Å². The normalized spacial score (nSPS) is 30.0. The molecule has 0 saturated carbocycles. The lowest BCUT2D eigenvalue weighted by Gasteiger charge is -2.53. The van der Waals surface area contributed by atoms with E-state index in [0.29, 0.717) is 19.6 Å². The van der Waals surface area contributed by atoms with Crippen LogP contribution in [0.3, 0.4) is 0 Å². The number of carbonyl (C=O) groups is 1. The zero-order valence-corrected chi connectivity index (χ0v) is 31.5. The zero-order chi connectivity index (χ0) is 32.6. The fraction of sp³-hybridized carbons (Fsp3) is 0.794. The third-order valence-corrected chi connectivity index (χ3v) is 20.0. The van der Waals surface area contributed by atoms with Gasteiger partial charge in [-0.3, -0.25) is 0 Å². The number of ether oxygens (including phenoxy) is 4. The number of aldehydes is 1. The number of hydrogen-bond donors (Lipinski definition) is 0. The quantitative estimate of drug-likeness (QED) is 0.179. The first kappa shape index (κ1) is 36.4. The Morgan fingerprint density at radius 2 is 1.53 bits per heavy atom. The largest absolute Gasteiger partial charge is 0.497 e. The van der Waals surface area contributed by atoms with Gasteiger partial charge in [0.2, 0.25) is 0 Å². The van der Waals surface area contributed by atoms with Gasteiger partial charge in [-0.15, -0.1) is 0 Å². The first-order valence-corrected chi connectivity index (χ1v) is 21.8. The lowest BCUT2D eigenvalue weighted by molar-refractivity contribution is -0.328. The maximum Gasteiger partial charge on any atom is 0.192 e. The molecule has 2 heterocycles. The third kappa shape index (κ3) is 7.67. The molecule has 0 bridgehead atoms. The molecular weight excluding hydrogens is 577 g/mol. The minimum Gasteiger partial charge on any atom is -0.497 e. The van der Waals surface area contributed by atoms with Crippen molar-refractivity contribution in [3.63, 3.8) is 0 Å². The second kappa shape index (κ2) is 13.0. The molecule has 1 aromatic rings. The average Bonchev–Trinajstić information content (AvgIpc) is 3.09. The molecule has 0 radical (unpaired) electrons. The standard InChI is InChI=1S/C34H60O7Si2/c1-24-27(19-20-38-42(11,12)31(2,3)4)39-34(21-28(24)41-43(13,14)32(5,6)7)33(8,9)30(29(22-35)40-34)37-23-25-15-17-26(36-10)18-16-25/h15-18,22,24,27-30H,19-21,23H2,1-14H3/t24-,27-,28+,29-,30-,34-/m1/s1. The van der Waals surface area contributed by atoms with Gasteiger partial charge >= 0.3 is 0 Å². The lowest BCUT2D eigenvalue weighted by Crippen LogP contribution is -2.61. The molecule has 0 aromatic heterocycles. The van der Waals surface area contributed by atoms with Crippen molar-refractivity contribution in [2.24, 2.45) is 11.3 Å². The molecule has 6 atom stereocenters. The van der Waals surface area contributed by atoms with Crippen LogP contribution in [0.25, 0.3) is 0 Å². The summed E-state index contributed by atoms with van der Waals surface area (Å²) in [6, 6.07) is 7.79. The molecule has 0 aliphatic carbocycles. The van der Waals surface area contributed by atoms with Gasteiger partial charge in [-0.1, -0.05) is 74.4 Å². The van der Waals surface area contributed by atoms with Gasteiger partial charge < -0.3 is 32.6 Å². The average molecular weight is 637 g/mol. The molecule has 1 spiro atoms. The Morgan fingerprint density at radius 3 is 2.05 bits per heavy atom. The fourth-order valence-corrected chi connectivity index (χ4v) is 8.09. The van der Waals surface area contributed by atoms with Crippen molar-refractivity contribution in [3.05, 3.63) is 29.8 Å². The Morgan fingerprint density at radius 1 is 0.953 bits per heavy atom. The molecule has 7 nitrogen and oxygen atoms in total. The van der Waals surface area contributed by atoms with Crippen LogP contribution in [-0.4, -0.2) is 66.8 Å². The number of hydrogen-bond acceptors (Lipinski definition) is 7. The lowest BCUT2D eigenvalue weighted by atomic mass is 9.73. The number of carbonyl (C=O) groups excluding carboxylic acids is 1. The van der Waals surface area contributed by atoms with Crippen molar-refractivity contribution in [1.82, 2.24) is 0 Å². The second-order valence-electron chi connectivity index (χ2n) is 16.3. The summed E-state index contributed by atoms with van der Waals surface area (Å²) in [4.78, 5) is 12.5. The van der Waals surface area contributed by atoms with Crippen molar-refractivity contribution in [1.29, 1.82) is 0 Å². The Hall–Kier alpha value is -1.08. The SMILES string of the molecule is COc1ccc(CO[C@@H]2[C@@H](C=O)O[C@]3(C[C@H](O[Si](C)(C)C(C)(C)C)[C@H](C)[C@@H](CCO[Si](C)(C)C(C)(C)C)O3)C2(C)C)cc1. The zero-order valence-electron chi connectivity index (χ0n) is 29.5. The van der Waals surface area contributed by atoms with Crippen molar-refractivity contribution in [2.45, 2.75) is 148 Å². The van der Waals surface area contributed by atoms with Crippen LogP contribution in [0.4, 0.5) is 0 Å². The summed E-state index contributed by atoms with van der Waals surface area (Å²) in [5, 5.41) is 0.184. The van der Waals surface area contributed by atoms with E-state index in [1.807, 2.05) is 24.3 Å². The Kier molecular flexibility index (Phi) is 11.0. The van der Waals surface area contributed by atoms with Crippen LogP contribution in [0, 0.1) is 11.3 Å². The smallest absolute Gasteiger partial charge is 0.192 e. The molecule has 0 N–H and O–H groups in total. The van der Waals surface area contributed by atoms with Crippen molar-refractivity contribution < 1.29 is 32.6 Å². The van der Waals surface area contributed by atoms with Gasteiger partial charge in [0.05, 0.1) is 25.9 Å². The monoisotopic (exact) mass is 636 g/mol. The minimum atomic E-state index is -2.12. The van der Waals surface area contributed by atoms with E-state index in [1.165, 1.54) is 0 Å². The van der Waals surface area contributed by atoms with Crippen LogP contribution in [0.5, 0.6) is 5.75 Å². The van der Waals surface area contributed by atoms with Gasteiger partial charge in [-0.2, -0.15) is 0 Å². The van der Waals surface area contributed by atoms with E-state index >= 15 is 0 Å². The van der Waals surface area contributed by atoms with Gasteiger partial charge in [0, 0.05) is 24.4 Å². The predicted octanol–water partition coefficient (Wildman–Crippen LogP) is 8.13. The van der Waals surface area contributed by atoms with Crippen LogP contribution >= 0.6 is 0 Å². The van der Waals surface area contributed by atoms with Gasteiger partial charge in [0.15, 0.2) is 28.7 Å². The maximum atomic E-state index is 12.5. The van der Waals surface area contributed by atoms with Gasteiger partial charge in [0.25, 0.3) is 0 Å². The van der Waals surface area contributed by atoms with Crippen LogP contribution in [0.15, 0.2) is 24.3 Å². The molecule has 43 heavy (non-hydrogen) atoms. The fourth-order valence-electron chi connectivity index (χ4n) is 5.62. The molecule has 2 aliphatic rings. The highest BCUT2D eigenvalue weighted by Crippen LogP contribution is 2.56. The molecule has 2 saturated heterocycles. The summed E-state index contributed by atoms with van der Waals surface area (Å²) in [5.74, 6) is -0.111. The van der Waals surface area contributed by atoms with Crippen LogP contribution in [0.1, 0.15) is 80.7 Å². The first-order chi connectivity index (χ1) is 19.6. The summed E-state index contributed by atoms with van der Waals surface area (Å²) < 4.78 is 39.2. The van der Waals surface area contributed by atoms with Crippen LogP contribution in [0.2, 0.25) is 36.3 Å². The summed E-state index contributed by atoms with van der Waals surface area (Å²) in [5.41, 5.74) is 0.374. The van der Waals surface area contributed by atoms with Crippen LogP contribution < -0.4 is 4.74 Å². The first-order valence-electron chi connectivity index (χ1n) is 16.0. The topological polar surface area (TPSA) is 72.5 Å². The predicted molar refractivity (Wildman–Crippen MR) is 178 cm³/mol. The number of methoxy groups -OCH3 is 1. The van der Waals surface area contributed by atoms with Crippen LogP contribution in [-0.2, 0) is 34.5 Å². The highest BCUT2D eigenvalue weighted by Gasteiger charge is 2.66. The molecule has 0 amide bonds. The summed E-state index contributed by atoms with van der Waals surface area (Å²) >= 11 is 0. The van der Waals surface area contributed by atoms with Gasteiger partial charge in [-0.25, -0.2) is 0 Å². The Balaban J connectivity index is 1.91. The number of benzene rings is 1. The number of rotatable bonds is 11. The van der Waals surface area contributed by atoms with Gasteiger partial charge in [0.1, 0.15) is 18.0 Å². The molecule has 0 unspecified atom stereocenters. The van der Waals surface area contributed by atoms with E-state index < -0.39 is 40.0 Å². The van der Waals surface area contributed by atoms with Crippen molar-refractivity contribution in [2.75, 3.05) is 13.7 Å². The molecular formula is C34H60O7Si2. The molecule has 3 rings (SSSR count). The second-order valence-corrected chi connectivity index (χ2v) is 25.9. The van der Waals surface area contributed by atoms with E-state index in [-0.39, 0.29) is 28.2 Å². The van der Waals surface area contributed by atoms with E-state index in [4.69, 9.17) is 27.8 Å².